The van der Waals surface area contributed by atoms with Crippen molar-refractivity contribution in [3.63, 3.8) is 0 Å². The lowest BCUT2D eigenvalue weighted by molar-refractivity contribution is -0.384. The van der Waals surface area contributed by atoms with Crippen molar-refractivity contribution in [2.75, 3.05) is 0 Å². The average Bonchev–Trinajstić information content (AvgIpc) is 2.50. The van der Waals surface area contributed by atoms with E-state index in [0.29, 0.717) is 18.4 Å². The van der Waals surface area contributed by atoms with Crippen LogP contribution in [0, 0.1) is 15.9 Å². The van der Waals surface area contributed by atoms with Crippen molar-refractivity contribution in [3.8, 4) is 0 Å². The zero-order valence-corrected chi connectivity index (χ0v) is 12.1. The molecule has 112 valence electrons. The first kappa shape index (κ1) is 14.7. The topological polar surface area (TPSA) is 60.2 Å². The smallest absolute Gasteiger partial charge is 0.290 e. The third-order valence-corrected chi connectivity index (χ3v) is 4.24. The number of fused-ring (bicyclic) bond motifs is 1. The summed E-state index contributed by atoms with van der Waals surface area (Å²) in [7, 11) is 0. The van der Waals surface area contributed by atoms with Crippen molar-refractivity contribution >= 4 is 23.1 Å². The van der Waals surface area contributed by atoms with Crippen LogP contribution in [0.25, 0.3) is 0 Å². The van der Waals surface area contributed by atoms with Gasteiger partial charge in [0.25, 0.3) is 5.69 Å². The normalized spacial score (nSPS) is 17.2. The van der Waals surface area contributed by atoms with E-state index in [1.165, 1.54) is 6.07 Å². The third-order valence-electron chi connectivity index (χ3n) is 3.94. The molecule has 2 aromatic rings. The molecule has 0 saturated carbocycles. The van der Waals surface area contributed by atoms with Crippen LogP contribution in [0.3, 0.4) is 0 Å². The van der Waals surface area contributed by atoms with Gasteiger partial charge < -0.3 is 0 Å². The molecule has 0 unspecified atom stereocenters. The van der Waals surface area contributed by atoms with E-state index in [9.17, 15) is 19.3 Å². The van der Waals surface area contributed by atoms with Crippen molar-refractivity contribution in [1.29, 1.82) is 0 Å². The first-order valence-corrected chi connectivity index (χ1v) is 7.12. The number of Topliss-reactive ketones (excluding diaryl/α,β-unsaturated/α-hetero) is 1. The maximum absolute atomic E-state index is 14.2. The number of benzene rings is 2. The zero-order chi connectivity index (χ0) is 15.9. The van der Waals surface area contributed by atoms with E-state index in [4.69, 9.17) is 11.6 Å². The van der Waals surface area contributed by atoms with Gasteiger partial charge in [-0.3, -0.25) is 14.9 Å². The van der Waals surface area contributed by atoms with E-state index in [2.05, 4.69) is 0 Å². The molecule has 0 radical (unpaired) electrons. The second-order valence-corrected chi connectivity index (χ2v) is 5.60. The predicted molar refractivity (Wildman–Crippen MR) is 79.9 cm³/mol. The molecule has 6 heteroatoms. The molecule has 0 N–H and O–H groups in total. The summed E-state index contributed by atoms with van der Waals surface area (Å²) in [6.45, 7) is 0. The number of halogens is 2. The van der Waals surface area contributed by atoms with E-state index in [1.807, 2.05) is 12.1 Å². The molecule has 0 spiro atoms. The number of carbonyl (C=O) groups is 1. The van der Waals surface area contributed by atoms with Crippen LogP contribution in [0.2, 0.25) is 5.02 Å². The van der Waals surface area contributed by atoms with Gasteiger partial charge in [-0.1, -0.05) is 35.9 Å². The Morgan fingerprint density at radius 1 is 1.27 bits per heavy atom. The lowest BCUT2D eigenvalue weighted by atomic mass is 9.79. The number of rotatable bonds is 2. The van der Waals surface area contributed by atoms with Crippen LogP contribution >= 0.6 is 11.6 Å². The van der Waals surface area contributed by atoms with Crippen LogP contribution < -0.4 is 0 Å². The number of nitrogens with zero attached hydrogens (tertiary/aromatic N) is 1. The number of hydrogen-bond donors (Lipinski definition) is 0. The molecule has 1 atom stereocenters. The zero-order valence-electron chi connectivity index (χ0n) is 11.4. The number of nitro benzene ring substituents is 1. The van der Waals surface area contributed by atoms with Crippen LogP contribution in [-0.4, -0.2) is 10.7 Å². The Hall–Kier alpha value is -2.27. The second kappa shape index (κ2) is 5.50. The lowest BCUT2D eigenvalue weighted by Gasteiger charge is -2.24. The number of carbonyl (C=O) groups excluding carboxylic acids is 1. The van der Waals surface area contributed by atoms with Gasteiger partial charge in [-0.25, -0.2) is 4.39 Å². The Balaban J connectivity index is 2.04. The van der Waals surface area contributed by atoms with Gasteiger partial charge in [0, 0.05) is 11.1 Å². The standard InChI is InChI=1S/C16H11ClFNO3/c17-13-7-12(14(18)8-15(13)19(21)22)11-6-5-9-3-1-2-4-10(9)16(11)20/h1-4,7-8,11H,5-6H2/t11-/m1/s1. The minimum Gasteiger partial charge on any atom is -0.293 e. The summed E-state index contributed by atoms with van der Waals surface area (Å²) in [6, 6.07) is 9.20. The van der Waals surface area contributed by atoms with E-state index in [0.717, 1.165) is 11.6 Å². The maximum Gasteiger partial charge on any atom is 0.290 e. The van der Waals surface area contributed by atoms with Crippen molar-refractivity contribution in [2.45, 2.75) is 18.8 Å². The quantitative estimate of drug-likeness (QED) is 0.612. The Bertz CT molecular complexity index is 791. The fraction of sp³-hybridized carbons (Fsp3) is 0.188. The molecule has 3 rings (SSSR count). The highest BCUT2D eigenvalue weighted by Gasteiger charge is 2.31. The SMILES string of the molecule is O=C1c2ccccc2CC[C@@H]1c1cc(Cl)c([N+](=O)[O-])cc1F. The van der Waals surface area contributed by atoms with Gasteiger partial charge in [-0.2, -0.15) is 0 Å². The van der Waals surface area contributed by atoms with Gasteiger partial charge in [0.15, 0.2) is 5.78 Å². The molecule has 0 bridgehead atoms. The molecule has 0 amide bonds. The number of nitro groups is 1. The molecule has 4 nitrogen and oxygen atoms in total. The monoisotopic (exact) mass is 319 g/mol. The van der Waals surface area contributed by atoms with Crippen LogP contribution in [0.1, 0.15) is 33.8 Å². The van der Waals surface area contributed by atoms with Gasteiger partial charge in [-0.15, -0.1) is 0 Å². The molecule has 1 aliphatic carbocycles. The Morgan fingerprint density at radius 3 is 2.73 bits per heavy atom. The van der Waals surface area contributed by atoms with E-state index < -0.39 is 22.3 Å². The highest BCUT2D eigenvalue weighted by Crippen LogP contribution is 2.37. The molecule has 0 aliphatic heterocycles. The number of hydrogen-bond acceptors (Lipinski definition) is 3. The minimum atomic E-state index is -0.770. The van der Waals surface area contributed by atoms with Crippen LogP contribution in [-0.2, 0) is 6.42 Å². The molecule has 2 aromatic carbocycles. The molecule has 1 aliphatic rings. The van der Waals surface area contributed by atoms with Gasteiger partial charge >= 0.3 is 0 Å². The molecular weight excluding hydrogens is 309 g/mol. The highest BCUT2D eigenvalue weighted by molar-refractivity contribution is 6.32. The lowest BCUT2D eigenvalue weighted by Crippen LogP contribution is -2.21. The summed E-state index contributed by atoms with van der Waals surface area (Å²) in [6.07, 6.45) is 1.11. The maximum atomic E-state index is 14.2. The van der Waals surface area contributed by atoms with Gasteiger partial charge in [-0.05, 0) is 24.5 Å². The van der Waals surface area contributed by atoms with Crippen molar-refractivity contribution in [1.82, 2.24) is 0 Å². The van der Waals surface area contributed by atoms with E-state index >= 15 is 0 Å². The molecule has 0 aromatic heterocycles. The van der Waals surface area contributed by atoms with Crippen LogP contribution in [0.15, 0.2) is 36.4 Å². The first-order chi connectivity index (χ1) is 10.5. The molecule has 0 saturated heterocycles. The van der Waals surface area contributed by atoms with E-state index in [-0.39, 0.29) is 16.4 Å². The number of aryl methyl sites for hydroxylation is 1. The molecule has 22 heavy (non-hydrogen) atoms. The summed E-state index contributed by atoms with van der Waals surface area (Å²) < 4.78 is 14.2. The largest absolute Gasteiger partial charge is 0.293 e. The Kier molecular flexibility index (Phi) is 3.66. The fourth-order valence-corrected chi connectivity index (χ4v) is 3.09. The Morgan fingerprint density at radius 2 is 2.00 bits per heavy atom. The summed E-state index contributed by atoms with van der Waals surface area (Å²) in [5.74, 6) is -1.60. The number of ketones is 1. The first-order valence-electron chi connectivity index (χ1n) is 6.74. The summed E-state index contributed by atoms with van der Waals surface area (Å²) >= 11 is 5.84. The van der Waals surface area contributed by atoms with Crippen molar-refractivity contribution < 1.29 is 14.1 Å². The Labute approximate surface area is 130 Å². The predicted octanol–water partition coefficient (Wildman–Crippen LogP) is 4.30. The van der Waals surface area contributed by atoms with Crippen molar-refractivity contribution in [3.05, 3.63) is 74.0 Å². The molecule has 0 fully saturated rings. The minimum absolute atomic E-state index is 0.120. The summed E-state index contributed by atoms with van der Waals surface area (Å²) in [5.41, 5.74) is 1.14. The summed E-state index contributed by atoms with van der Waals surface area (Å²) in [5, 5.41) is 10.6. The average molecular weight is 320 g/mol. The summed E-state index contributed by atoms with van der Waals surface area (Å²) in [4.78, 5) is 22.6. The molecule has 0 heterocycles. The van der Waals surface area contributed by atoms with Gasteiger partial charge in [0.05, 0.1) is 16.9 Å². The van der Waals surface area contributed by atoms with Gasteiger partial charge in [0.2, 0.25) is 0 Å². The second-order valence-electron chi connectivity index (χ2n) is 5.19. The van der Waals surface area contributed by atoms with Crippen molar-refractivity contribution in [2.24, 2.45) is 0 Å². The molecular formula is C16H11ClFNO3. The fourth-order valence-electron chi connectivity index (χ4n) is 2.85. The van der Waals surface area contributed by atoms with Crippen LogP contribution in [0.4, 0.5) is 10.1 Å². The van der Waals surface area contributed by atoms with Crippen LogP contribution in [0.5, 0.6) is 0 Å². The third kappa shape index (κ3) is 2.37. The van der Waals surface area contributed by atoms with Gasteiger partial charge in [0.1, 0.15) is 10.8 Å². The van der Waals surface area contributed by atoms with E-state index in [1.54, 1.807) is 12.1 Å². The highest BCUT2D eigenvalue weighted by atomic mass is 35.5.